The summed E-state index contributed by atoms with van der Waals surface area (Å²) in [5, 5.41) is 0. The van der Waals surface area contributed by atoms with Gasteiger partial charge in [-0.3, -0.25) is 9.59 Å². The minimum atomic E-state index is -0.693. The summed E-state index contributed by atoms with van der Waals surface area (Å²) >= 11 is 0. The second-order valence-electron chi connectivity index (χ2n) is 7.40. The van der Waals surface area contributed by atoms with Gasteiger partial charge in [0, 0.05) is 31.9 Å². The van der Waals surface area contributed by atoms with Crippen LogP contribution >= 0.6 is 0 Å². The van der Waals surface area contributed by atoms with E-state index < -0.39 is 18.5 Å². The van der Waals surface area contributed by atoms with E-state index in [0.29, 0.717) is 13.1 Å². The maximum absolute atomic E-state index is 12.4. The first kappa shape index (κ1) is 22.1. The van der Waals surface area contributed by atoms with E-state index >= 15 is 0 Å². The Morgan fingerprint density at radius 3 is 2.35 bits per heavy atom. The first-order chi connectivity index (χ1) is 14.9. The minimum absolute atomic E-state index is 0.174. The number of amides is 2. The lowest BCUT2D eigenvalue weighted by Crippen LogP contribution is -2.50. The van der Waals surface area contributed by atoms with Gasteiger partial charge in [0.2, 0.25) is 0 Å². The number of piperazine rings is 1. The summed E-state index contributed by atoms with van der Waals surface area (Å²) in [7, 11) is 0. The molecule has 0 spiro atoms. The van der Waals surface area contributed by atoms with E-state index in [4.69, 9.17) is 15.2 Å². The zero-order valence-corrected chi connectivity index (χ0v) is 17.8. The Hall–Kier alpha value is -3.55. The van der Waals surface area contributed by atoms with Crippen molar-refractivity contribution in [2.45, 2.75) is 13.8 Å². The van der Waals surface area contributed by atoms with Gasteiger partial charge >= 0.3 is 5.97 Å². The number of hydrogen-bond acceptors (Lipinski definition) is 6. The fourth-order valence-electron chi connectivity index (χ4n) is 3.48. The number of esters is 1. The van der Waals surface area contributed by atoms with Crippen molar-refractivity contribution in [2.24, 2.45) is 5.73 Å². The third-order valence-electron chi connectivity index (χ3n) is 5.40. The van der Waals surface area contributed by atoms with Crippen LogP contribution in [0.4, 0.5) is 5.69 Å². The Labute approximate surface area is 181 Å². The number of primary amides is 1. The van der Waals surface area contributed by atoms with Crippen LogP contribution in [0.2, 0.25) is 0 Å². The Morgan fingerprint density at radius 2 is 1.65 bits per heavy atom. The molecule has 2 aromatic rings. The molecule has 0 bridgehead atoms. The number of carbonyl (C=O) groups is 3. The average Bonchev–Trinajstić information content (AvgIpc) is 2.78. The molecule has 1 aliphatic rings. The third-order valence-corrected chi connectivity index (χ3v) is 5.40. The van der Waals surface area contributed by atoms with Gasteiger partial charge in [-0.15, -0.1) is 0 Å². The largest absolute Gasteiger partial charge is 0.481 e. The number of hydrogen-bond donors (Lipinski definition) is 1. The molecule has 0 aliphatic carbocycles. The zero-order chi connectivity index (χ0) is 22.4. The van der Waals surface area contributed by atoms with Crippen molar-refractivity contribution in [2.75, 3.05) is 44.3 Å². The van der Waals surface area contributed by atoms with Crippen molar-refractivity contribution in [3.8, 4) is 5.75 Å². The summed E-state index contributed by atoms with van der Waals surface area (Å²) in [5.41, 5.74) is 9.12. The van der Waals surface area contributed by atoms with Crippen molar-refractivity contribution in [1.29, 1.82) is 0 Å². The number of nitrogens with zero attached hydrogens (tertiary/aromatic N) is 2. The molecule has 0 atom stereocenters. The Morgan fingerprint density at radius 1 is 0.935 bits per heavy atom. The summed E-state index contributed by atoms with van der Waals surface area (Å²) < 4.78 is 10.4. The number of benzene rings is 2. The first-order valence-corrected chi connectivity index (χ1v) is 10.1. The van der Waals surface area contributed by atoms with E-state index in [-0.39, 0.29) is 23.8 Å². The molecule has 164 valence electrons. The molecule has 2 amide bonds. The number of carbonyl (C=O) groups excluding carboxylic acids is 3. The molecule has 2 aromatic carbocycles. The van der Waals surface area contributed by atoms with Crippen LogP contribution in [0.25, 0.3) is 0 Å². The van der Waals surface area contributed by atoms with Gasteiger partial charge < -0.3 is 25.0 Å². The van der Waals surface area contributed by atoms with Gasteiger partial charge in [0.25, 0.3) is 11.8 Å². The predicted octanol–water partition coefficient (Wildman–Crippen LogP) is 1.67. The maximum Gasteiger partial charge on any atom is 0.344 e. The molecule has 2 N–H and O–H groups in total. The van der Waals surface area contributed by atoms with Gasteiger partial charge in [-0.25, -0.2) is 4.79 Å². The highest BCUT2D eigenvalue weighted by atomic mass is 16.6. The molecular formula is C23H27N3O5. The average molecular weight is 425 g/mol. The monoisotopic (exact) mass is 425 g/mol. The molecule has 0 radical (unpaired) electrons. The number of anilines is 1. The number of ether oxygens (including phenoxy) is 2. The lowest BCUT2D eigenvalue weighted by molar-refractivity contribution is -0.153. The van der Waals surface area contributed by atoms with Crippen LogP contribution in [0, 0.1) is 13.8 Å². The van der Waals surface area contributed by atoms with Gasteiger partial charge in [-0.2, -0.15) is 0 Å². The lowest BCUT2D eigenvalue weighted by atomic mass is 10.1. The predicted molar refractivity (Wildman–Crippen MR) is 116 cm³/mol. The van der Waals surface area contributed by atoms with Crippen molar-refractivity contribution in [3.63, 3.8) is 0 Å². The van der Waals surface area contributed by atoms with Crippen LogP contribution in [0.3, 0.4) is 0 Å². The molecule has 1 fully saturated rings. The van der Waals surface area contributed by atoms with Crippen molar-refractivity contribution in [1.82, 2.24) is 4.90 Å². The maximum atomic E-state index is 12.4. The number of nitrogens with two attached hydrogens (primary N) is 1. The van der Waals surface area contributed by atoms with Gasteiger partial charge in [0.1, 0.15) is 5.75 Å². The quantitative estimate of drug-likeness (QED) is 0.677. The molecule has 0 saturated carbocycles. The molecule has 8 heteroatoms. The standard InChI is InChI=1S/C23H27N3O5/c1-16-6-5-8-19(17(16)2)25-10-12-26(13-11-25)21(27)14-31-22(28)15-30-20-9-4-3-7-18(20)23(24)29/h3-9H,10-15H2,1-2H3,(H2,24,29). The van der Waals surface area contributed by atoms with Crippen LogP contribution in [-0.4, -0.2) is 62.1 Å². The molecule has 1 aliphatic heterocycles. The minimum Gasteiger partial charge on any atom is -0.481 e. The highest BCUT2D eigenvalue weighted by Crippen LogP contribution is 2.24. The number of para-hydroxylation sites is 1. The summed E-state index contributed by atoms with van der Waals surface area (Å²) in [4.78, 5) is 39.7. The Bertz CT molecular complexity index is 967. The SMILES string of the molecule is Cc1cccc(N2CCN(C(=O)COC(=O)COc3ccccc3C(N)=O)CC2)c1C. The van der Waals surface area contributed by atoms with Crippen LogP contribution in [0.1, 0.15) is 21.5 Å². The second-order valence-corrected chi connectivity index (χ2v) is 7.40. The van der Waals surface area contributed by atoms with Gasteiger partial charge in [-0.05, 0) is 43.2 Å². The molecule has 0 aromatic heterocycles. The Kier molecular flexibility index (Phi) is 7.12. The third kappa shape index (κ3) is 5.53. The molecule has 3 rings (SSSR count). The van der Waals surface area contributed by atoms with Crippen LogP contribution in [0.5, 0.6) is 5.75 Å². The summed E-state index contributed by atoms with van der Waals surface area (Å²) in [6, 6.07) is 12.6. The lowest BCUT2D eigenvalue weighted by Gasteiger charge is -2.37. The number of aryl methyl sites for hydroxylation is 1. The van der Waals surface area contributed by atoms with Crippen molar-refractivity contribution in [3.05, 3.63) is 59.2 Å². The van der Waals surface area contributed by atoms with E-state index in [1.165, 1.54) is 28.9 Å². The second kappa shape index (κ2) is 9.97. The molecule has 0 unspecified atom stereocenters. The van der Waals surface area contributed by atoms with E-state index in [1.807, 2.05) is 6.07 Å². The van der Waals surface area contributed by atoms with Crippen LogP contribution in [0.15, 0.2) is 42.5 Å². The highest BCUT2D eigenvalue weighted by molar-refractivity contribution is 5.95. The topological polar surface area (TPSA) is 102 Å². The van der Waals surface area contributed by atoms with E-state index in [2.05, 4.69) is 30.9 Å². The normalized spacial score (nSPS) is 13.6. The smallest absolute Gasteiger partial charge is 0.344 e. The van der Waals surface area contributed by atoms with Gasteiger partial charge in [-0.1, -0.05) is 24.3 Å². The fraction of sp³-hybridized carbons (Fsp3) is 0.348. The van der Waals surface area contributed by atoms with Crippen LogP contribution in [-0.2, 0) is 14.3 Å². The van der Waals surface area contributed by atoms with Gasteiger partial charge in [0.05, 0.1) is 5.56 Å². The summed E-state index contributed by atoms with van der Waals surface area (Å²) in [5.74, 6) is -1.40. The van der Waals surface area contributed by atoms with Crippen molar-refractivity contribution < 1.29 is 23.9 Å². The van der Waals surface area contributed by atoms with E-state index in [1.54, 1.807) is 17.0 Å². The fourth-order valence-corrected chi connectivity index (χ4v) is 3.48. The summed E-state index contributed by atoms with van der Waals surface area (Å²) in [6.07, 6.45) is 0. The van der Waals surface area contributed by atoms with Gasteiger partial charge in [0.15, 0.2) is 13.2 Å². The van der Waals surface area contributed by atoms with E-state index in [0.717, 1.165) is 13.1 Å². The zero-order valence-electron chi connectivity index (χ0n) is 17.8. The molecule has 8 nitrogen and oxygen atoms in total. The first-order valence-electron chi connectivity index (χ1n) is 10.1. The van der Waals surface area contributed by atoms with Crippen molar-refractivity contribution >= 4 is 23.5 Å². The summed E-state index contributed by atoms with van der Waals surface area (Å²) in [6.45, 7) is 5.99. The Balaban J connectivity index is 1.44. The number of rotatable bonds is 7. The van der Waals surface area contributed by atoms with E-state index in [9.17, 15) is 14.4 Å². The molecule has 1 heterocycles. The molecule has 31 heavy (non-hydrogen) atoms. The molecule has 1 saturated heterocycles. The molecular weight excluding hydrogens is 398 g/mol. The highest BCUT2D eigenvalue weighted by Gasteiger charge is 2.23. The van der Waals surface area contributed by atoms with Crippen LogP contribution < -0.4 is 15.4 Å².